The van der Waals surface area contributed by atoms with E-state index in [2.05, 4.69) is 20.5 Å². The van der Waals surface area contributed by atoms with Crippen molar-refractivity contribution < 1.29 is 32.0 Å². The van der Waals surface area contributed by atoms with Gasteiger partial charge in [0.1, 0.15) is 5.75 Å². The lowest BCUT2D eigenvalue weighted by molar-refractivity contribution is -0.153. The van der Waals surface area contributed by atoms with Crippen molar-refractivity contribution in [2.24, 2.45) is 0 Å². The number of nitrogens with one attached hydrogen (secondary N) is 2. The van der Waals surface area contributed by atoms with Gasteiger partial charge in [0.25, 0.3) is 5.91 Å². The Morgan fingerprint density at radius 3 is 2.44 bits per heavy atom. The number of hydrogen-bond donors (Lipinski definition) is 2. The average Bonchev–Trinajstić information content (AvgIpc) is 3.27. The third-order valence-electron chi connectivity index (χ3n) is 4.37. The van der Waals surface area contributed by atoms with Gasteiger partial charge in [-0.1, -0.05) is 47.6 Å². The average molecular weight is 447 g/mol. The third-order valence-corrected chi connectivity index (χ3v) is 4.37. The minimum Gasteiger partial charge on any atom is -0.484 e. The highest BCUT2D eigenvalue weighted by Gasteiger charge is 2.28. The Morgan fingerprint density at radius 1 is 1.09 bits per heavy atom. The van der Waals surface area contributed by atoms with E-state index in [1.807, 2.05) is 30.3 Å². The number of benzene rings is 2. The summed E-state index contributed by atoms with van der Waals surface area (Å²) in [5.74, 6) is -0.518. The summed E-state index contributed by atoms with van der Waals surface area (Å²) < 4.78 is 46.4. The van der Waals surface area contributed by atoms with Crippen molar-refractivity contribution >= 4 is 11.8 Å². The Balaban J connectivity index is 1.47. The van der Waals surface area contributed by atoms with Gasteiger partial charge in [-0.2, -0.15) is 13.2 Å². The molecule has 0 aliphatic carbocycles. The largest absolute Gasteiger partial charge is 0.484 e. The molecule has 0 radical (unpaired) electrons. The molecule has 0 spiro atoms. The van der Waals surface area contributed by atoms with E-state index in [-0.39, 0.29) is 18.0 Å². The van der Waals surface area contributed by atoms with Gasteiger partial charge in [-0.3, -0.25) is 9.59 Å². The molecule has 168 valence electrons. The molecule has 2 aromatic carbocycles. The fourth-order valence-electron chi connectivity index (χ4n) is 2.77. The number of aromatic nitrogens is 1. The first-order chi connectivity index (χ1) is 15.2. The monoisotopic (exact) mass is 447 g/mol. The number of nitrogens with zero attached hydrogens (tertiary/aromatic N) is 1. The Labute approximate surface area is 181 Å². The number of rotatable bonds is 8. The van der Waals surface area contributed by atoms with Crippen molar-refractivity contribution in [3.05, 3.63) is 71.9 Å². The van der Waals surface area contributed by atoms with Gasteiger partial charge in [0.15, 0.2) is 18.1 Å². The van der Waals surface area contributed by atoms with Crippen molar-refractivity contribution in [1.29, 1.82) is 0 Å². The Hall–Kier alpha value is -3.82. The molecule has 10 heteroatoms. The summed E-state index contributed by atoms with van der Waals surface area (Å²) in [4.78, 5) is 24.4. The van der Waals surface area contributed by atoms with E-state index in [4.69, 9.17) is 4.52 Å². The van der Waals surface area contributed by atoms with Gasteiger partial charge in [0.2, 0.25) is 5.91 Å². The van der Waals surface area contributed by atoms with E-state index in [0.717, 1.165) is 5.56 Å². The number of alkyl halides is 3. The number of carbonyl (C=O) groups is 2. The number of halogens is 3. The molecule has 0 aliphatic rings. The first kappa shape index (κ1) is 22.9. The molecular formula is C22H20F3N3O4. The van der Waals surface area contributed by atoms with Gasteiger partial charge in [-0.15, -0.1) is 0 Å². The van der Waals surface area contributed by atoms with Crippen molar-refractivity contribution in [2.75, 3.05) is 13.2 Å². The van der Waals surface area contributed by atoms with Gasteiger partial charge in [-0.05, 0) is 24.6 Å². The maximum Gasteiger partial charge on any atom is 0.422 e. The summed E-state index contributed by atoms with van der Waals surface area (Å²) >= 11 is 0. The van der Waals surface area contributed by atoms with Crippen molar-refractivity contribution in [2.45, 2.75) is 19.1 Å². The molecule has 1 unspecified atom stereocenters. The second kappa shape index (κ2) is 9.99. The summed E-state index contributed by atoms with van der Waals surface area (Å²) in [6, 6.07) is 16.0. The van der Waals surface area contributed by atoms with Crippen molar-refractivity contribution in [3.63, 3.8) is 0 Å². The quantitative estimate of drug-likeness (QED) is 0.547. The van der Waals surface area contributed by atoms with Gasteiger partial charge >= 0.3 is 6.18 Å². The highest BCUT2D eigenvalue weighted by molar-refractivity contribution is 5.95. The first-order valence-electron chi connectivity index (χ1n) is 9.60. The summed E-state index contributed by atoms with van der Waals surface area (Å²) in [6.07, 6.45) is -4.42. The van der Waals surface area contributed by atoms with E-state index in [1.54, 1.807) is 19.1 Å². The van der Waals surface area contributed by atoms with Gasteiger partial charge in [0, 0.05) is 11.6 Å². The number of carbonyl (C=O) groups excluding carboxylic acids is 2. The number of hydrogen-bond acceptors (Lipinski definition) is 5. The summed E-state index contributed by atoms with van der Waals surface area (Å²) in [5, 5.41) is 8.87. The maximum atomic E-state index is 12.2. The lowest BCUT2D eigenvalue weighted by atomic mass is 10.1. The van der Waals surface area contributed by atoms with Crippen molar-refractivity contribution in [1.82, 2.24) is 15.8 Å². The van der Waals surface area contributed by atoms with Crippen LogP contribution in [0, 0.1) is 0 Å². The predicted octanol–water partition coefficient (Wildman–Crippen LogP) is 3.89. The summed E-state index contributed by atoms with van der Waals surface area (Å²) in [5.41, 5.74) is 1.47. The van der Waals surface area contributed by atoms with E-state index in [0.29, 0.717) is 11.3 Å². The van der Waals surface area contributed by atoms with Crippen LogP contribution in [-0.4, -0.2) is 36.3 Å². The lowest BCUT2D eigenvalue weighted by Gasteiger charge is -2.15. The molecule has 0 bridgehead atoms. The zero-order chi connectivity index (χ0) is 23.1. The molecule has 2 N–H and O–H groups in total. The summed E-state index contributed by atoms with van der Waals surface area (Å²) in [6.45, 7) is 0.0369. The number of ether oxygens (including phenoxy) is 1. The van der Waals surface area contributed by atoms with Crippen LogP contribution in [0.1, 0.15) is 29.0 Å². The van der Waals surface area contributed by atoms with E-state index in [1.165, 1.54) is 18.2 Å². The predicted molar refractivity (Wildman–Crippen MR) is 109 cm³/mol. The van der Waals surface area contributed by atoms with Crippen LogP contribution >= 0.6 is 0 Å². The number of amides is 2. The van der Waals surface area contributed by atoms with Crippen LogP contribution in [0.3, 0.4) is 0 Å². The molecule has 1 aromatic heterocycles. The first-order valence-corrected chi connectivity index (χ1v) is 9.60. The molecule has 1 atom stereocenters. The molecule has 0 fully saturated rings. The molecule has 2 amide bonds. The molecule has 0 saturated carbocycles. The van der Waals surface area contributed by atoms with E-state index < -0.39 is 30.6 Å². The van der Waals surface area contributed by atoms with Gasteiger partial charge in [-0.25, -0.2) is 0 Å². The zero-order valence-corrected chi connectivity index (χ0v) is 17.0. The Kier molecular flexibility index (Phi) is 7.14. The van der Waals surface area contributed by atoms with Crippen LogP contribution in [0.2, 0.25) is 0 Å². The fraction of sp³-hybridized carbons (Fsp3) is 0.227. The molecule has 0 aliphatic heterocycles. The van der Waals surface area contributed by atoms with E-state index >= 15 is 0 Å². The van der Waals surface area contributed by atoms with Crippen LogP contribution in [0.15, 0.2) is 65.2 Å². The van der Waals surface area contributed by atoms with Crippen LogP contribution in [-0.2, 0) is 4.79 Å². The zero-order valence-electron chi connectivity index (χ0n) is 17.0. The Bertz CT molecular complexity index is 1050. The SMILES string of the molecule is CC(NC(=O)CNC(=O)c1cc(-c2ccccc2)on1)c1ccc(OCC(F)(F)F)cc1. The van der Waals surface area contributed by atoms with Crippen LogP contribution in [0.25, 0.3) is 11.3 Å². The highest BCUT2D eigenvalue weighted by Crippen LogP contribution is 2.21. The topological polar surface area (TPSA) is 93.5 Å². The molecule has 1 heterocycles. The van der Waals surface area contributed by atoms with Crippen LogP contribution in [0.5, 0.6) is 5.75 Å². The molecule has 3 aromatic rings. The Morgan fingerprint density at radius 2 is 1.78 bits per heavy atom. The second-order valence-electron chi connectivity index (χ2n) is 6.89. The minimum atomic E-state index is -4.42. The minimum absolute atomic E-state index is 0.0409. The molecule has 0 saturated heterocycles. The summed E-state index contributed by atoms with van der Waals surface area (Å²) in [7, 11) is 0. The maximum absolute atomic E-state index is 12.2. The molecule has 32 heavy (non-hydrogen) atoms. The molecule has 3 rings (SSSR count). The lowest BCUT2D eigenvalue weighted by Crippen LogP contribution is -2.38. The van der Waals surface area contributed by atoms with Crippen LogP contribution < -0.4 is 15.4 Å². The second-order valence-corrected chi connectivity index (χ2v) is 6.89. The smallest absolute Gasteiger partial charge is 0.422 e. The van der Waals surface area contributed by atoms with Crippen molar-refractivity contribution in [3.8, 4) is 17.1 Å². The molecule has 7 nitrogen and oxygen atoms in total. The normalized spacial score (nSPS) is 12.1. The third kappa shape index (κ3) is 6.59. The van der Waals surface area contributed by atoms with Gasteiger partial charge in [0.05, 0.1) is 12.6 Å². The molecular weight excluding hydrogens is 427 g/mol. The van der Waals surface area contributed by atoms with E-state index in [9.17, 15) is 22.8 Å². The van der Waals surface area contributed by atoms with Crippen LogP contribution in [0.4, 0.5) is 13.2 Å². The fourth-order valence-corrected chi connectivity index (χ4v) is 2.77. The standard InChI is InChI=1S/C22H20F3N3O4/c1-14(15-7-9-17(10-8-15)31-13-22(23,24)25)27-20(29)12-26-21(30)18-11-19(32-28-18)16-5-3-2-4-6-16/h2-11,14H,12-13H2,1H3,(H,26,30)(H,27,29). The van der Waals surface area contributed by atoms with Gasteiger partial charge < -0.3 is 19.9 Å². The highest BCUT2D eigenvalue weighted by atomic mass is 19.4.